The Hall–Kier alpha value is -2.08. The maximum absolute atomic E-state index is 12.5. The average Bonchev–Trinajstić information content (AvgIpc) is 3.07. The molecule has 3 N–H and O–H groups in total. The number of nitrogens with one attached hydrogen (secondary N) is 1. The Labute approximate surface area is 167 Å². The van der Waals surface area contributed by atoms with Crippen molar-refractivity contribution in [1.29, 1.82) is 0 Å². The lowest BCUT2D eigenvalue weighted by molar-refractivity contribution is -0.117. The van der Waals surface area contributed by atoms with E-state index >= 15 is 0 Å². The molecule has 0 spiro atoms. The lowest BCUT2D eigenvalue weighted by atomic mass is 9.89. The van der Waals surface area contributed by atoms with Crippen LogP contribution >= 0.6 is 12.4 Å². The van der Waals surface area contributed by atoms with Crippen LogP contribution in [0, 0.1) is 5.92 Å². The largest absolute Gasteiger partial charge is 0.492 e. The fourth-order valence-electron chi connectivity index (χ4n) is 3.65. The summed E-state index contributed by atoms with van der Waals surface area (Å²) in [5.41, 5.74) is 8.00. The van der Waals surface area contributed by atoms with E-state index in [4.69, 9.17) is 10.5 Å². The monoisotopic (exact) mass is 389 g/mol. The molecule has 6 heteroatoms. The summed E-state index contributed by atoms with van der Waals surface area (Å²) in [6.07, 6.45) is 0. The second-order valence-corrected chi connectivity index (χ2v) is 6.68. The van der Waals surface area contributed by atoms with Crippen molar-refractivity contribution >= 4 is 24.0 Å². The number of hydrogen-bond donors (Lipinski definition) is 2. The number of rotatable bonds is 7. The molecule has 0 saturated carbocycles. The number of anilines is 1. The van der Waals surface area contributed by atoms with Crippen molar-refractivity contribution in [2.24, 2.45) is 11.7 Å². The van der Waals surface area contributed by atoms with Crippen molar-refractivity contribution in [2.45, 2.75) is 12.8 Å². The molecule has 0 bridgehead atoms. The molecule has 0 aliphatic carbocycles. The van der Waals surface area contributed by atoms with Gasteiger partial charge >= 0.3 is 0 Å². The van der Waals surface area contributed by atoms with Crippen LogP contribution in [0.1, 0.15) is 18.4 Å². The zero-order valence-electron chi connectivity index (χ0n) is 15.6. The second kappa shape index (κ2) is 10.3. The number of nitrogens with zero attached hydrogens (tertiary/aromatic N) is 1. The highest BCUT2D eigenvalue weighted by molar-refractivity contribution is 5.93. The molecule has 0 radical (unpaired) electrons. The first-order valence-electron chi connectivity index (χ1n) is 9.20. The summed E-state index contributed by atoms with van der Waals surface area (Å²) in [6, 6.07) is 18.0. The fraction of sp³-hybridized carbons (Fsp3) is 0.381. The first kappa shape index (κ1) is 21.2. The lowest BCUT2D eigenvalue weighted by Crippen LogP contribution is -2.32. The minimum atomic E-state index is -0.0263. The van der Waals surface area contributed by atoms with Crippen LogP contribution in [0.5, 0.6) is 5.75 Å². The Morgan fingerprint density at radius 2 is 1.85 bits per heavy atom. The number of amides is 1. The summed E-state index contributed by atoms with van der Waals surface area (Å²) >= 11 is 0. The quantitative estimate of drug-likeness (QED) is 0.763. The molecule has 0 unspecified atom stereocenters. The van der Waals surface area contributed by atoms with Crippen LogP contribution in [0.4, 0.5) is 5.69 Å². The van der Waals surface area contributed by atoms with Gasteiger partial charge in [-0.2, -0.15) is 0 Å². The summed E-state index contributed by atoms with van der Waals surface area (Å²) < 4.78 is 5.57. The van der Waals surface area contributed by atoms with Crippen LogP contribution in [-0.4, -0.2) is 43.6 Å². The molecule has 2 aromatic rings. The van der Waals surface area contributed by atoms with Gasteiger partial charge in [0.05, 0.1) is 18.8 Å². The predicted molar refractivity (Wildman–Crippen MR) is 112 cm³/mol. The highest BCUT2D eigenvalue weighted by Gasteiger charge is 2.33. The van der Waals surface area contributed by atoms with Crippen LogP contribution in [0.15, 0.2) is 54.6 Å². The maximum Gasteiger partial charge on any atom is 0.238 e. The van der Waals surface area contributed by atoms with Gasteiger partial charge in [-0.25, -0.2) is 0 Å². The molecular weight excluding hydrogens is 362 g/mol. The van der Waals surface area contributed by atoms with Gasteiger partial charge in [-0.1, -0.05) is 42.5 Å². The Balaban J connectivity index is 0.00000261. The number of para-hydroxylation sites is 2. The summed E-state index contributed by atoms with van der Waals surface area (Å²) in [5.74, 6) is 1.43. The highest BCUT2D eigenvalue weighted by Crippen LogP contribution is 2.32. The first-order chi connectivity index (χ1) is 12.7. The summed E-state index contributed by atoms with van der Waals surface area (Å²) in [4.78, 5) is 14.7. The molecule has 146 valence electrons. The standard InChI is InChI=1S/C21H27N3O2.ClH/c1-2-26-20-11-7-6-10-19(20)23-21(25)15-24-13-17(12-22)18(14-24)16-8-4-3-5-9-16;/h3-11,17-18H,2,12-15,22H2,1H3,(H,23,25);1H/t17-,18+;/m1./s1. The zero-order chi connectivity index (χ0) is 18.4. The van der Waals surface area contributed by atoms with Crippen molar-refractivity contribution in [3.8, 4) is 5.75 Å². The van der Waals surface area contributed by atoms with Crippen molar-refractivity contribution in [1.82, 2.24) is 4.90 Å². The highest BCUT2D eigenvalue weighted by atomic mass is 35.5. The molecule has 3 rings (SSSR count). The number of halogens is 1. The van der Waals surface area contributed by atoms with E-state index in [-0.39, 0.29) is 18.3 Å². The van der Waals surface area contributed by atoms with E-state index in [2.05, 4.69) is 34.5 Å². The third kappa shape index (κ3) is 5.45. The van der Waals surface area contributed by atoms with Crippen LogP contribution < -0.4 is 15.8 Å². The number of ether oxygens (including phenoxy) is 1. The van der Waals surface area contributed by atoms with Gasteiger partial charge in [0.25, 0.3) is 0 Å². The Kier molecular flexibility index (Phi) is 8.10. The molecule has 1 fully saturated rings. The molecule has 1 saturated heterocycles. The van der Waals surface area contributed by atoms with Crippen molar-refractivity contribution in [2.75, 3.05) is 38.1 Å². The van der Waals surface area contributed by atoms with E-state index < -0.39 is 0 Å². The van der Waals surface area contributed by atoms with Gasteiger partial charge in [-0.3, -0.25) is 9.69 Å². The number of likely N-dealkylation sites (tertiary alicyclic amines) is 1. The van der Waals surface area contributed by atoms with Gasteiger partial charge in [0, 0.05) is 19.0 Å². The molecule has 5 nitrogen and oxygen atoms in total. The predicted octanol–water partition coefficient (Wildman–Crippen LogP) is 3.12. The number of carbonyl (C=O) groups excluding carboxylic acids is 1. The number of nitrogens with two attached hydrogens (primary N) is 1. The molecule has 1 amide bonds. The minimum absolute atomic E-state index is 0. The smallest absolute Gasteiger partial charge is 0.238 e. The Bertz CT molecular complexity index is 726. The van der Waals surface area contributed by atoms with E-state index in [9.17, 15) is 4.79 Å². The molecular formula is C21H28ClN3O2. The van der Waals surface area contributed by atoms with Crippen molar-refractivity contribution in [3.63, 3.8) is 0 Å². The van der Waals surface area contributed by atoms with E-state index in [1.54, 1.807) is 0 Å². The molecule has 1 aliphatic rings. The fourth-order valence-corrected chi connectivity index (χ4v) is 3.65. The van der Waals surface area contributed by atoms with Crippen molar-refractivity contribution < 1.29 is 9.53 Å². The maximum atomic E-state index is 12.5. The topological polar surface area (TPSA) is 67.6 Å². The van der Waals surface area contributed by atoms with Crippen LogP contribution in [0.2, 0.25) is 0 Å². The Morgan fingerprint density at radius 3 is 2.56 bits per heavy atom. The third-order valence-electron chi connectivity index (χ3n) is 4.88. The lowest BCUT2D eigenvalue weighted by Gasteiger charge is -2.17. The SMILES string of the molecule is CCOc1ccccc1NC(=O)CN1C[C@@H](CN)[C@H](c2ccccc2)C1.Cl. The third-order valence-corrected chi connectivity index (χ3v) is 4.88. The van der Waals surface area contributed by atoms with Crippen LogP contribution in [0.25, 0.3) is 0 Å². The number of hydrogen-bond acceptors (Lipinski definition) is 4. The normalized spacial score (nSPS) is 19.3. The summed E-state index contributed by atoms with van der Waals surface area (Å²) in [5, 5.41) is 2.97. The first-order valence-corrected chi connectivity index (χ1v) is 9.20. The van der Waals surface area contributed by atoms with Crippen LogP contribution in [-0.2, 0) is 4.79 Å². The van der Waals surface area contributed by atoms with Gasteiger partial charge in [0.2, 0.25) is 5.91 Å². The van der Waals surface area contributed by atoms with E-state index in [0.717, 1.165) is 13.1 Å². The van der Waals surface area contributed by atoms with E-state index in [0.29, 0.717) is 43.0 Å². The molecule has 2 atom stereocenters. The van der Waals surface area contributed by atoms with E-state index in [1.807, 2.05) is 37.3 Å². The van der Waals surface area contributed by atoms with Gasteiger partial charge in [-0.15, -0.1) is 12.4 Å². The average molecular weight is 390 g/mol. The molecule has 1 aliphatic heterocycles. The van der Waals surface area contributed by atoms with Crippen LogP contribution in [0.3, 0.4) is 0 Å². The van der Waals surface area contributed by atoms with Gasteiger partial charge < -0.3 is 15.8 Å². The molecule has 0 aromatic heterocycles. The number of carbonyl (C=O) groups is 1. The molecule has 27 heavy (non-hydrogen) atoms. The van der Waals surface area contributed by atoms with E-state index in [1.165, 1.54) is 5.56 Å². The second-order valence-electron chi connectivity index (χ2n) is 6.68. The Morgan fingerprint density at radius 1 is 1.15 bits per heavy atom. The summed E-state index contributed by atoms with van der Waals surface area (Å²) in [7, 11) is 0. The van der Waals surface area contributed by atoms with Gasteiger partial charge in [-0.05, 0) is 37.1 Å². The number of benzene rings is 2. The molecule has 1 heterocycles. The van der Waals surface area contributed by atoms with Crippen molar-refractivity contribution in [3.05, 3.63) is 60.2 Å². The zero-order valence-corrected chi connectivity index (χ0v) is 16.5. The summed E-state index contributed by atoms with van der Waals surface area (Å²) in [6.45, 7) is 5.18. The minimum Gasteiger partial charge on any atom is -0.492 e. The molecule has 2 aromatic carbocycles. The van der Waals surface area contributed by atoms with Gasteiger partial charge in [0.1, 0.15) is 5.75 Å². The van der Waals surface area contributed by atoms with Gasteiger partial charge in [0.15, 0.2) is 0 Å².